The molecule has 1 aliphatic heterocycles. The zero-order valence-corrected chi connectivity index (χ0v) is 21.0. The third-order valence-corrected chi connectivity index (χ3v) is 7.36. The molecule has 2 N–H and O–H groups in total. The summed E-state index contributed by atoms with van der Waals surface area (Å²) in [6.45, 7) is 3.35. The van der Waals surface area contributed by atoms with Crippen molar-refractivity contribution in [1.29, 1.82) is 0 Å². The van der Waals surface area contributed by atoms with Crippen LogP contribution in [0, 0.1) is 0 Å². The molecule has 0 saturated carbocycles. The molecule has 2 aromatic carbocycles. The predicted molar refractivity (Wildman–Crippen MR) is 143 cm³/mol. The van der Waals surface area contributed by atoms with E-state index in [-0.39, 0.29) is 5.91 Å². The second-order valence-electron chi connectivity index (χ2n) is 8.28. The number of ether oxygens (including phenoxy) is 1. The van der Waals surface area contributed by atoms with Crippen LogP contribution in [0.15, 0.2) is 60.0 Å². The van der Waals surface area contributed by atoms with Gasteiger partial charge in [0.2, 0.25) is 0 Å². The summed E-state index contributed by atoms with van der Waals surface area (Å²) in [4.78, 5) is 19.9. The van der Waals surface area contributed by atoms with Crippen molar-refractivity contribution in [3.63, 3.8) is 0 Å². The molecule has 1 aromatic heterocycles. The van der Waals surface area contributed by atoms with Gasteiger partial charge in [0.1, 0.15) is 5.69 Å². The number of amides is 1. The Morgan fingerprint density at radius 2 is 1.88 bits per heavy atom. The lowest BCUT2D eigenvalue weighted by molar-refractivity contribution is 0.102. The van der Waals surface area contributed by atoms with Gasteiger partial charge in [-0.3, -0.25) is 4.79 Å². The standard InChI is InChI=1S/C26H30N4O2S2/c1-32-17-7-14-27-26(33)30-15-12-20(13-16-30)25-29-23(18-34-25)24(31)28-22-11-6-5-10-21(22)19-8-3-2-4-9-19/h2-6,8-11,18,20H,7,12-17H2,1H3,(H,27,33)(H,28,31). The van der Waals surface area contributed by atoms with Crippen molar-refractivity contribution >= 4 is 40.3 Å². The molecule has 3 aromatic rings. The van der Waals surface area contributed by atoms with Crippen LogP contribution in [0.3, 0.4) is 0 Å². The van der Waals surface area contributed by atoms with E-state index in [1.54, 1.807) is 18.4 Å². The summed E-state index contributed by atoms with van der Waals surface area (Å²) < 4.78 is 5.08. The van der Waals surface area contributed by atoms with Gasteiger partial charge in [0.25, 0.3) is 5.91 Å². The highest BCUT2D eigenvalue weighted by molar-refractivity contribution is 7.80. The lowest BCUT2D eigenvalue weighted by atomic mass is 9.98. The van der Waals surface area contributed by atoms with Crippen molar-refractivity contribution in [2.24, 2.45) is 0 Å². The lowest BCUT2D eigenvalue weighted by Gasteiger charge is -2.33. The number of likely N-dealkylation sites (tertiary alicyclic amines) is 1. The number of hydrogen-bond donors (Lipinski definition) is 2. The molecule has 1 fully saturated rings. The number of hydrogen-bond acceptors (Lipinski definition) is 5. The number of nitrogens with one attached hydrogen (secondary N) is 2. The van der Waals surface area contributed by atoms with E-state index in [0.717, 1.165) is 72.4 Å². The van der Waals surface area contributed by atoms with Gasteiger partial charge < -0.3 is 20.3 Å². The molecule has 6 nitrogen and oxygen atoms in total. The van der Waals surface area contributed by atoms with Crippen LogP contribution in [0.5, 0.6) is 0 Å². The number of aromatic nitrogens is 1. The first-order valence-electron chi connectivity index (χ1n) is 11.6. The Hall–Kier alpha value is -2.81. The summed E-state index contributed by atoms with van der Waals surface area (Å²) in [6.07, 6.45) is 2.89. The molecule has 2 heterocycles. The SMILES string of the molecule is COCCCNC(=S)N1CCC(c2nc(C(=O)Nc3ccccc3-c3ccccc3)cs2)CC1. The molecule has 0 radical (unpaired) electrons. The van der Waals surface area contributed by atoms with Gasteiger partial charge in [-0.2, -0.15) is 0 Å². The Bertz CT molecular complexity index is 1090. The lowest BCUT2D eigenvalue weighted by Crippen LogP contribution is -2.44. The van der Waals surface area contributed by atoms with Crippen LogP contribution in [0.25, 0.3) is 11.1 Å². The maximum absolute atomic E-state index is 13.0. The molecule has 0 unspecified atom stereocenters. The number of thiazole rings is 1. The van der Waals surface area contributed by atoms with Crippen molar-refractivity contribution < 1.29 is 9.53 Å². The number of para-hydroxylation sites is 1. The highest BCUT2D eigenvalue weighted by Crippen LogP contribution is 2.31. The summed E-state index contributed by atoms with van der Waals surface area (Å²) >= 11 is 7.10. The van der Waals surface area contributed by atoms with Gasteiger partial charge in [0.15, 0.2) is 5.11 Å². The molecule has 1 aliphatic rings. The van der Waals surface area contributed by atoms with Crippen molar-refractivity contribution in [3.05, 3.63) is 70.7 Å². The maximum Gasteiger partial charge on any atom is 0.275 e. The Labute approximate surface area is 210 Å². The predicted octanol–water partition coefficient (Wildman–Crippen LogP) is 5.15. The summed E-state index contributed by atoms with van der Waals surface area (Å²) in [5.74, 6) is 0.181. The molecular formula is C26H30N4O2S2. The van der Waals surface area contributed by atoms with Gasteiger partial charge in [-0.05, 0) is 43.1 Å². The Morgan fingerprint density at radius 3 is 2.65 bits per heavy atom. The Morgan fingerprint density at radius 1 is 1.15 bits per heavy atom. The normalized spacial score (nSPS) is 14.1. The zero-order valence-electron chi connectivity index (χ0n) is 19.3. The van der Waals surface area contributed by atoms with E-state index in [4.69, 9.17) is 21.9 Å². The smallest absolute Gasteiger partial charge is 0.275 e. The van der Waals surface area contributed by atoms with Gasteiger partial charge >= 0.3 is 0 Å². The monoisotopic (exact) mass is 494 g/mol. The number of thiocarbonyl (C=S) groups is 1. The molecule has 0 bridgehead atoms. The quantitative estimate of drug-likeness (QED) is 0.333. The summed E-state index contributed by atoms with van der Waals surface area (Å²) in [5.41, 5.74) is 3.31. The zero-order chi connectivity index (χ0) is 23.8. The maximum atomic E-state index is 13.0. The number of piperidine rings is 1. The second kappa shape index (κ2) is 12.1. The fraction of sp³-hybridized carbons (Fsp3) is 0.346. The van der Waals surface area contributed by atoms with Gasteiger partial charge in [-0.1, -0.05) is 48.5 Å². The minimum Gasteiger partial charge on any atom is -0.385 e. The highest BCUT2D eigenvalue weighted by Gasteiger charge is 2.25. The van der Waals surface area contributed by atoms with Crippen LogP contribution in [-0.2, 0) is 4.74 Å². The molecule has 34 heavy (non-hydrogen) atoms. The van der Waals surface area contributed by atoms with Crippen LogP contribution >= 0.6 is 23.6 Å². The molecule has 4 rings (SSSR count). The molecule has 1 saturated heterocycles. The van der Waals surface area contributed by atoms with Crippen LogP contribution < -0.4 is 10.6 Å². The largest absolute Gasteiger partial charge is 0.385 e. The van der Waals surface area contributed by atoms with Crippen LogP contribution in [0.1, 0.15) is 40.7 Å². The first-order chi connectivity index (χ1) is 16.7. The van der Waals surface area contributed by atoms with E-state index in [2.05, 4.69) is 15.5 Å². The molecule has 0 atom stereocenters. The molecule has 0 aliphatic carbocycles. The minimum atomic E-state index is -0.176. The molecular weight excluding hydrogens is 464 g/mol. The number of anilines is 1. The van der Waals surface area contributed by atoms with Crippen LogP contribution in [-0.4, -0.2) is 54.3 Å². The number of methoxy groups -OCH3 is 1. The third-order valence-electron chi connectivity index (χ3n) is 5.95. The molecule has 1 amide bonds. The second-order valence-corrected chi connectivity index (χ2v) is 9.55. The fourth-order valence-corrected chi connectivity index (χ4v) is 5.34. The number of carbonyl (C=O) groups excluding carboxylic acids is 1. The van der Waals surface area contributed by atoms with E-state index in [1.807, 2.05) is 60.0 Å². The average Bonchev–Trinajstić information content (AvgIpc) is 3.38. The van der Waals surface area contributed by atoms with E-state index in [9.17, 15) is 4.79 Å². The van der Waals surface area contributed by atoms with Crippen LogP contribution in [0.2, 0.25) is 0 Å². The van der Waals surface area contributed by atoms with E-state index < -0.39 is 0 Å². The first-order valence-corrected chi connectivity index (χ1v) is 12.9. The number of rotatable bonds is 8. The van der Waals surface area contributed by atoms with Gasteiger partial charge in [-0.15, -0.1) is 11.3 Å². The summed E-state index contributed by atoms with van der Waals surface area (Å²) in [5, 5.41) is 10.1. The van der Waals surface area contributed by atoms with Crippen molar-refractivity contribution in [1.82, 2.24) is 15.2 Å². The average molecular weight is 495 g/mol. The first kappa shape index (κ1) is 24.3. The number of carbonyl (C=O) groups is 1. The minimum absolute atomic E-state index is 0.176. The van der Waals surface area contributed by atoms with Crippen molar-refractivity contribution in [3.8, 4) is 11.1 Å². The topological polar surface area (TPSA) is 66.5 Å². The fourth-order valence-electron chi connectivity index (χ4n) is 4.08. The van der Waals surface area contributed by atoms with Crippen molar-refractivity contribution in [2.75, 3.05) is 38.7 Å². The summed E-state index contributed by atoms with van der Waals surface area (Å²) in [6, 6.07) is 17.9. The number of benzene rings is 2. The van der Waals surface area contributed by atoms with E-state index in [0.29, 0.717) is 11.6 Å². The highest BCUT2D eigenvalue weighted by atomic mass is 32.1. The van der Waals surface area contributed by atoms with Gasteiger partial charge in [0, 0.05) is 55.9 Å². The molecule has 8 heteroatoms. The van der Waals surface area contributed by atoms with Crippen molar-refractivity contribution in [2.45, 2.75) is 25.2 Å². The van der Waals surface area contributed by atoms with Gasteiger partial charge in [-0.25, -0.2) is 4.98 Å². The Balaban J connectivity index is 1.33. The van der Waals surface area contributed by atoms with E-state index in [1.165, 1.54) is 0 Å². The third kappa shape index (κ3) is 6.20. The summed E-state index contributed by atoms with van der Waals surface area (Å²) in [7, 11) is 1.71. The molecule has 178 valence electrons. The Kier molecular flexibility index (Phi) is 8.62. The molecule has 0 spiro atoms. The van der Waals surface area contributed by atoms with Crippen LogP contribution in [0.4, 0.5) is 5.69 Å². The van der Waals surface area contributed by atoms with E-state index >= 15 is 0 Å². The van der Waals surface area contributed by atoms with Gasteiger partial charge in [0.05, 0.1) is 5.01 Å². The number of nitrogens with zero attached hydrogens (tertiary/aromatic N) is 2.